The van der Waals surface area contributed by atoms with Gasteiger partial charge in [0.15, 0.2) is 0 Å². The van der Waals surface area contributed by atoms with E-state index in [0.717, 1.165) is 0 Å². The van der Waals surface area contributed by atoms with Crippen molar-refractivity contribution in [1.82, 2.24) is 20.0 Å². The number of ether oxygens (including phenoxy) is 1. The molecule has 9 nitrogen and oxygen atoms in total. The van der Waals surface area contributed by atoms with Crippen LogP contribution in [0.25, 0.3) is 11.4 Å². The molecule has 0 saturated carbocycles. The number of carbonyl (C=O) groups excluding carboxylic acids is 2. The van der Waals surface area contributed by atoms with Gasteiger partial charge in [-0.05, 0) is 11.6 Å². The summed E-state index contributed by atoms with van der Waals surface area (Å²) in [6.07, 6.45) is -3.97. The molecular formula is C19H16F3N5O4. The molecule has 0 spiro atoms. The van der Waals surface area contributed by atoms with E-state index < -0.39 is 24.1 Å². The van der Waals surface area contributed by atoms with Gasteiger partial charge in [0.2, 0.25) is 5.82 Å². The van der Waals surface area contributed by atoms with Gasteiger partial charge in [-0.1, -0.05) is 35.5 Å². The monoisotopic (exact) mass is 435 g/mol. The molecule has 0 unspecified atom stereocenters. The minimum Gasteiger partial charge on any atom is -0.444 e. The lowest BCUT2D eigenvalue weighted by molar-refractivity contribution is -0.159. The maximum Gasteiger partial charge on any atom is 0.471 e. The summed E-state index contributed by atoms with van der Waals surface area (Å²) in [7, 11) is 1.50. The first kappa shape index (κ1) is 21.7. The number of carbonyl (C=O) groups is 2. The average molecular weight is 435 g/mol. The molecule has 0 atom stereocenters. The Bertz CT molecular complexity index is 1080. The number of rotatable bonds is 6. The third kappa shape index (κ3) is 5.35. The third-order valence-corrected chi connectivity index (χ3v) is 4.09. The minimum absolute atomic E-state index is 0.0173. The molecule has 12 heteroatoms. The van der Waals surface area contributed by atoms with E-state index in [1.54, 1.807) is 24.3 Å². The van der Waals surface area contributed by atoms with Crippen LogP contribution in [0.15, 0.2) is 47.1 Å². The SMILES string of the molecule is CN(Cc1ccc(-c2noc(C(F)(F)F)n2)cc1)C(=O)OCc1cccnc1C(N)=O. The quantitative estimate of drug-likeness (QED) is 0.631. The van der Waals surface area contributed by atoms with Crippen molar-refractivity contribution in [2.24, 2.45) is 5.73 Å². The van der Waals surface area contributed by atoms with E-state index in [0.29, 0.717) is 16.7 Å². The van der Waals surface area contributed by atoms with Gasteiger partial charge in [-0.3, -0.25) is 9.78 Å². The van der Waals surface area contributed by atoms with Gasteiger partial charge in [-0.25, -0.2) is 4.79 Å². The third-order valence-electron chi connectivity index (χ3n) is 4.09. The molecule has 0 bridgehead atoms. The zero-order valence-corrected chi connectivity index (χ0v) is 16.1. The topological polar surface area (TPSA) is 124 Å². The van der Waals surface area contributed by atoms with E-state index in [9.17, 15) is 22.8 Å². The summed E-state index contributed by atoms with van der Waals surface area (Å²) >= 11 is 0. The summed E-state index contributed by atoms with van der Waals surface area (Å²) in [6, 6.07) is 9.39. The first-order valence-corrected chi connectivity index (χ1v) is 8.77. The van der Waals surface area contributed by atoms with E-state index in [4.69, 9.17) is 10.5 Å². The van der Waals surface area contributed by atoms with Crippen LogP contribution in [0.3, 0.4) is 0 Å². The van der Waals surface area contributed by atoms with Crippen molar-refractivity contribution in [2.45, 2.75) is 19.3 Å². The molecule has 0 aliphatic heterocycles. The number of alkyl halides is 3. The Morgan fingerprint density at radius 3 is 2.52 bits per heavy atom. The molecule has 1 aromatic carbocycles. The summed E-state index contributed by atoms with van der Waals surface area (Å²) in [5, 5.41) is 3.32. The summed E-state index contributed by atoms with van der Waals surface area (Å²) in [5.41, 5.74) is 6.63. The van der Waals surface area contributed by atoms with Crippen LogP contribution in [0.2, 0.25) is 0 Å². The van der Waals surface area contributed by atoms with Crippen LogP contribution in [-0.4, -0.2) is 39.1 Å². The molecule has 0 aliphatic rings. The summed E-state index contributed by atoms with van der Waals surface area (Å²) in [5.74, 6) is -2.36. The Morgan fingerprint density at radius 1 is 1.19 bits per heavy atom. The molecule has 0 saturated heterocycles. The molecule has 3 rings (SSSR count). The maximum atomic E-state index is 12.6. The predicted octanol–water partition coefficient (Wildman–Crippen LogP) is 3.02. The van der Waals surface area contributed by atoms with Crippen molar-refractivity contribution in [2.75, 3.05) is 7.05 Å². The molecule has 2 amide bonds. The second kappa shape index (κ2) is 8.81. The van der Waals surface area contributed by atoms with E-state index in [1.165, 1.54) is 30.3 Å². The number of hydrogen-bond acceptors (Lipinski definition) is 7. The second-order valence-electron chi connectivity index (χ2n) is 6.40. The van der Waals surface area contributed by atoms with E-state index >= 15 is 0 Å². The average Bonchev–Trinajstić information content (AvgIpc) is 3.23. The van der Waals surface area contributed by atoms with Gasteiger partial charge < -0.3 is 19.9 Å². The van der Waals surface area contributed by atoms with Crippen molar-refractivity contribution in [1.29, 1.82) is 0 Å². The molecule has 162 valence electrons. The van der Waals surface area contributed by atoms with Gasteiger partial charge in [0.25, 0.3) is 5.91 Å². The van der Waals surface area contributed by atoms with E-state index in [1.807, 2.05) is 0 Å². The fraction of sp³-hybridized carbons (Fsp3) is 0.211. The Balaban J connectivity index is 1.59. The van der Waals surface area contributed by atoms with Crippen LogP contribution in [0.1, 0.15) is 27.5 Å². The number of amides is 2. The van der Waals surface area contributed by atoms with Gasteiger partial charge in [0.05, 0.1) is 0 Å². The summed E-state index contributed by atoms with van der Waals surface area (Å²) in [6.45, 7) is -0.0253. The Morgan fingerprint density at radius 2 is 1.90 bits per heavy atom. The molecular weight excluding hydrogens is 419 g/mol. The van der Waals surface area contributed by atoms with Crippen molar-refractivity contribution in [3.63, 3.8) is 0 Å². The first-order valence-electron chi connectivity index (χ1n) is 8.77. The maximum absolute atomic E-state index is 12.6. The lowest BCUT2D eigenvalue weighted by Crippen LogP contribution is -2.27. The number of nitrogens with zero attached hydrogens (tertiary/aromatic N) is 4. The molecule has 3 aromatic rings. The lowest BCUT2D eigenvalue weighted by atomic mass is 10.1. The normalized spacial score (nSPS) is 11.2. The number of pyridine rings is 1. The molecule has 2 N–H and O–H groups in total. The fourth-order valence-corrected chi connectivity index (χ4v) is 2.58. The molecule has 31 heavy (non-hydrogen) atoms. The minimum atomic E-state index is -4.72. The van der Waals surface area contributed by atoms with Gasteiger partial charge in [0.1, 0.15) is 12.3 Å². The van der Waals surface area contributed by atoms with Crippen LogP contribution < -0.4 is 5.73 Å². The van der Waals surface area contributed by atoms with Gasteiger partial charge in [-0.2, -0.15) is 18.2 Å². The number of primary amides is 1. The Kier molecular flexibility index (Phi) is 6.18. The zero-order chi connectivity index (χ0) is 22.6. The Hall–Kier alpha value is -3.96. The molecule has 0 radical (unpaired) electrons. The van der Waals surface area contributed by atoms with Gasteiger partial charge in [0, 0.05) is 30.9 Å². The van der Waals surface area contributed by atoms with E-state index in [2.05, 4.69) is 19.6 Å². The van der Waals surface area contributed by atoms with E-state index in [-0.39, 0.29) is 24.7 Å². The van der Waals surface area contributed by atoms with Crippen molar-refractivity contribution in [3.05, 3.63) is 65.3 Å². The number of hydrogen-bond donors (Lipinski definition) is 1. The first-order chi connectivity index (χ1) is 14.6. The highest BCUT2D eigenvalue weighted by Gasteiger charge is 2.38. The second-order valence-corrected chi connectivity index (χ2v) is 6.40. The van der Waals surface area contributed by atoms with Crippen LogP contribution in [0.5, 0.6) is 0 Å². The smallest absolute Gasteiger partial charge is 0.444 e. The number of aromatic nitrogens is 3. The lowest BCUT2D eigenvalue weighted by Gasteiger charge is -2.17. The van der Waals surface area contributed by atoms with Gasteiger partial charge in [-0.15, -0.1) is 0 Å². The number of halogens is 3. The Labute approximate surface area is 173 Å². The molecule has 2 aromatic heterocycles. The van der Waals surface area contributed by atoms with Gasteiger partial charge >= 0.3 is 18.2 Å². The van der Waals surface area contributed by atoms with Crippen LogP contribution in [0.4, 0.5) is 18.0 Å². The number of nitrogens with two attached hydrogens (primary N) is 1. The molecule has 0 fully saturated rings. The molecule has 0 aliphatic carbocycles. The zero-order valence-electron chi connectivity index (χ0n) is 16.1. The highest BCUT2D eigenvalue weighted by molar-refractivity contribution is 5.92. The van der Waals surface area contributed by atoms with Crippen molar-refractivity contribution in [3.8, 4) is 11.4 Å². The van der Waals surface area contributed by atoms with Crippen molar-refractivity contribution < 1.29 is 32.0 Å². The summed E-state index contributed by atoms with van der Waals surface area (Å²) in [4.78, 5) is 32.0. The van der Waals surface area contributed by atoms with Crippen LogP contribution in [-0.2, 0) is 24.1 Å². The van der Waals surface area contributed by atoms with Crippen molar-refractivity contribution >= 4 is 12.0 Å². The highest BCUT2D eigenvalue weighted by Crippen LogP contribution is 2.29. The summed E-state index contributed by atoms with van der Waals surface area (Å²) < 4.78 is 47.1. The largest absolute Gasteiger partial charge is 0.471 e. The number of benzene rings is 1. The predicted molar refractivity (Wildman–Crippen MR) is 99.1 cm³/mol. The highest BCUT2D eigenvalue weighted by atomic mass is 19.4. The van der Waals surface area contributed by atoms with Crippen LogP contribution >= 0.6 is 0 Å². The van der Waals surface area contributed by atoms with Crippen LogP contribution in [0, 0.1) is 0 Å². The standard InChI is InChI=1S/C19H16F3N5O4/c1-27(18(29)30-10-13-3-2-8-24-14(13)15(23)28)9-11-4-6-12(7-5-11)16-25-17(31-26-16)19(20,21)22/h2-8H,9-10H2,1H3,(H2,23,28). The fourth-order valence-electron chi connectivity index (χ4n) is 2.58. The molecule has 2 heterocycles.